The van der Waals surface area contributed by atoms with E-state index in [2.05, 4.69) is 5.10 Å². The minimum atomic E-state index is -4.50. The highest BCUT2D eigenvalue weighted by Crippen LogP contribution is 2.32. The maximum absolute atomic E-state index is 12.6. The van der Waals surface area contributed by atoms with Crippen molar-refractivity contribution in [3.05, 3.63) is 17.5 Å². The molecule has 0 aromatic carbocycles. The van der Waals surface area contributed by atoms with Crippen molar-refractivity contribution in [2.24, 2.45) is 0 Å². The second-order valence-corrected chi connectivity index (χ2v) is 4.15. The lowest BCUT2D eigenvalue weighted by molar-refractivity contribution is -0.146. The molecule has 1 rings (SSSR count). The zero-order valence-electron chi connectivity index (χ0n) is 8.59. The second kappa shape index (κ2) is 3.36. The highest BCUT2D eigenvalue weighted by molar-refractivity contribution is 5.71. The first kappa shape index (κ1) is 11.7. The van der Waals surface area contributed by atoms with Crippen LogP contribution in [0.1, 0.15) is 37.0 Å². The first-order valence-electron chi connectivity index (χ1n) is 4.29. The number of rotatable bonds is 1. The summed E-state index contributed by atoms with van der Waals surface area (Å²) >= 11 is 0. The molecule has 0 aliphatic heterocycles. The van der Waals surface area contributed by atoms with E-state index >= 15 is 0 Å². The average Bonchev–Trinajstić information content (AvgIpc) is 2.44. The van der Waals surface area contributed by atoms with Crippen LogP contribution in [0.5, 0.6) is 0 Å². The Hall–Kier alpha value is -1.33. The van der Waals surface area contributed by atoms with Gasteiger partial charge in [-0.3, -0.25) is 9.48 Å². The minimum Gasteiger partial charge on any atom is -0.296 e. The molecule has 0 spiro atoms. The van der Waals surface area contributed by atoms with Gasteiger partial charge in [-0.2, -0.15) is 18.3 Å². The van der Waals surface area contributed by atoms with E-state index in [9.17, 15) is 18.0 Å². The second-order valence-electron chi connectivity index (χ2n) is 4.15. The van der Waals surface area contributed by atoms with Crippen LogP contribution in [0.25, 0.3) is 0 Å². The third kappa shape index (κ3) is 2.37. The number of nitrogens with zero attached hydrogens (tertiary/aromatic N) is 2. The van der Waals surface area contributed by atoms with Gasteiger partial charge in [-0.05, 0) is 26.8 Å². The molecule has 3 nitrogen and oxygen atoms in total. The molecule has 0 N–H and O–H groups in total. The molecule has 1 aromatic rings. The number of carbonyl (C=O) groups excluding carboxylic acids is 1. The van der Waals surface area contributed by atoms with E-state index in [4.69, 9.17) is 0 Å². The van der Waals surface area contributed by atoms with Gasteiger partial charge >= 0.3 is 6.18 Å². The molecule has 6 heteroatoms. The zero-order valence-corrected chi connectivity index (χ0v) is 8.59. The first-order valence-corrected chi connectivity index (χ1v) is 4.29. The lowest BCUT2D eigenvalue weighted by atomic mass is 10.1. The third-order valence-corrected chi connectivity index (χ3v) is 1.77. The Morgan fingerprint density at radius 1 is 1.33 bits per heavy atom. The number of hydrogen-bond donors (Lipinski definition) is 0. The van der Waals surface area contributed by atoms with Gasteiger partial charge in [-0.1, -0.05) is 0 Å². The fourth-order valence-electron chi connectivity index (χ4n) is 1.17. The predicted molar refractivity (Wildman–Crippen MR) is 47.6 cm³/mol. The van der Waals surface area contributed by atoms with Crippen LogP contribution in [0.15, 0.2) is 6.07 Å². The highest BCUT2D eigenvalue weighted by Gasteiger charge is 2.38. The van der Waals surface area contributed by atoms with Crippen molar-refractivity contribution in [1.29, 1.82) is 0 Å². The Morgan fingerprint density at radius 2 is 1.87 bits per heavy atom. The molecule has 0 radical (unpaired) electrons. The number of halogens is 3. The number of aromatic nitrogens is 2. The summed E-state index contributed by atoms with van der Waals surface area (Å²) in [6.07, 6.45) is -4.20. The van der Waals surface area contributed by atoms with Crippen LogP contribution in [0.2, 0.25) is 0 Å². The molecule has 0 fully saturated rings. The minimum absolute atomic E-state index is 0.211. The molecule has 15 heavy (non-hydrogen) atoms. The summed E-state index contributed by atoms with van der Waals surface area (Å²) in [5, 5.41) is 3.60. The Morgan fingerprint density at radius 3 is 2.13 bits per heavy atom. The van der Waals surface area contributed by atoms with Gasteiger partial charge < -0.3 is 0 Å². The third-order valence-electron chi connectivity index (χ3n) is 1.77. The van der Waals surface area contributed by atoms with E-state index in [0.29, 0.717) is 6.29 Å². The van der Waals surface area contributed by atoms with Crippen molar-refractivity contribution in [2.45, 2.75) is 32.5 Å². The number of carbonyl (C=O) groups is 1. The maximum atomic E-state index is 12.6. The molecule has 0 amide bonds. The van der Waals surface area contributed by atoms with Crippen LogP contribution in [-0.2, 0) is 11.7 Å². The van der Waals surface area contributed by atoms with Crippen molar-refractivity contribution in [2.75, 3.05) is 0 Å². The first-order chi connectivity index (χ1) is 6.66. The Balaban J connectivity index is 3.37. The number of alkyl halides is 3. The van der Waals surface area contributed by atoms with E-state index in [-0.39, 0.29) is 5.69 Å². The van der Waals surface area contributed by atoms with Gasteiger partial charge in [-0.15, -0.1) is 0 Å². The van der Waals surface area contributed by atoms with Gasteiger partial charge in [0.1, 0.15) is 11.4 Å². The Kier molecular flexibility index (Phi) is 2.63. The Labute approximate surface area is 84.9 Å². The van der Waals surface area contributed by atoms with Crippen LogP contribution in [-0.4, -0.2) is 16.1 Å². The van der Waals surface area contributed by atoms with E-state index in [1.54, 1.807) is 20.8 Å². The van der Waals surface area contributed by atoms with Gasteiger partial charge in [0.05, 0.1) is 5.54 Å². The highest BCUT2D eigenvalue weighted by atomic mass is 19.4. The number of hydrogen-bond acceptors (Lipinski definition) is 2. The summed E-state index contributed by atoms with van der Waals surface area (Å²) in [5.74, 6) is 0. The van der Waals surface area contributed by atoms with Crippen molar-refractivity contribution in [3.63, 3.8) is 0 Å². The molecular weight excluding hydrogens is 209 g/mol. The predicted octanol–water partition coefficient (Wildman–Crippen LogP) is 2.47. The SMILES string of the molecule is CC(C)(C)n1nc(C=O)cc1C(F)(F)F. The molecule has 0 unspecified atom stereocenters. The lowest BCUT2D eigenvalue weighted by Crippen LogP contribution is -2.28. The lowest BCUT2D eigenvalue weighted by Gasteiger charge is -2.23. The van der Waals surface area contributed by atoms with Crippen LogP contribution in [0.3, 0.4) is 0 Å². The largest absolute Gasteiger partial charge is 0.433 e. The summed E-state index contributed by atoms with van der Waals surface area (Å²) in [6.45, 7) is 4.76. The van der Waals surface area contributed by atoms with Gasteiger partial charge in [0.2, 0.25) is 0 Å². The number of aldehydes is 1. The van der Waals surface area contributed by atoms with Crippen molar-refractivity contribution in [3.8, 4) is 0 Å². The fourth-order valence-corrected chi connectivity index (χ4v) is 1.17. The smallest absolute Gasteiger partial charge is 0.296 e. The fraction of sp³-hybridized carbons (Fsp3) is 0.556. The van der Waals surface area contributed by atoms with E-state index in [1.165, 1.54) is 0 Å². The van der Waals surface area contributed by atoms with Crippen LogP contribution in [0, 0.1) is 0 Å². The standard InChI is InChI=1S/C9H11F3N2O/c1-8(2,3)14-7(9(10,11)12)4-6(5-15)13-14/h4-5H,1-3H3. The quantitative estimate of drug-likeness (QED) is 0.681. The van der Waals surface area contributed by atoms with Gasteiger partial charge in [0, 0.05) is 0 Å². The average molecular weight is 220 g/mol. The van der Waals surface area contributed by atoms with Gasteiger partial charge in [0.25, 0.3) is 0 Å². The topological polar surface area (TPSA) is 34.9 Å². The molecular formula is C9H11F3N2O. The monoisotopic (exact) mass is 220 g/mol. The zero-order chi connectivity index (χ0) is 11.9. The van der Waals surface area contributed by atoms with E-state index in [1.807, 2.05) is 0 Å². The maximum Gasteiger partial charge on any atom is 0.433 e. The molecule has 0 saturated carbocycles. The van der Waals surface area contributed by atoms with E-state index < -0.39 is 17.4 Å². The molecule has 0 atom stereocenters. The molecule has 0 saturated heterocycles. The molecule has 84 valence electrons. The molecule has 0 aliphatic rings. The molecule has 0 bridgehead atoms. The van der Waals surface area contributed by atoms with Crippen molar-refractivity contribution in [1.82, 2.24) is 9.78 Å². The van der Waals surface area contributed by atoms with Crippen LogP contribution in [0.4, 0.5) is 13.2 Å². The van der Waals surface area contributed by atoms with Crippen LogP contribution >= 0.6 is 0 Å². The summed E-state index contributed by atoms with van der Waals surface area (Å²) in [5.41, 5.74) is -1.93. The van der Waals surface area contributed by atoms with Crippen molar-refractivity contribution >= 4 is 6.29 Å². The normalized spacial score (nSPS) is 12.9. The van der Waals surface area contributed by atoms with Crippen molar-refractivity contribution < 1.29 is 18.0 Å². The summed E-state index contributed by atoms with van der Waals surface area (Å²) in [6, 6.07) is 0.748. The molecule has 0 aliphatic carbocycles. The summed E-state index contributed by atoms with van der Waals surface area (Å²) in [7, 11) is 0. The van der Waals surface area contributed by atoms with E-state index in [0.717, 1.165) is 10.7 Å². The Bertz CT molecular complexity index is 342. The summed E-state index contributed by atoms with van der Waals surface area (Å²) in [4.78, 5) is 10.4. The van der Waals surface area contributed by atoms with Gasteiger partial charge in [-0.25, -0.2) is 0 Å². The summed E-state index contributed by atoms with van der Waals surface area (Å²) < 4.78 is 38.5. The van der Waals surface area contributed by atoms with Crippen LogP contribution < -0.4 is 0 Å². The molecule has 1 heterocycles. The van der Waals surface area contributed by atoms with Gasteiger partial charge in [0.15, 0.2) is 6.29 Å². The molecule has 1 aromatic heterocycles.